The summed E-state index contributed by atoms with van der Waals surface area (Å²) >= 11 is 0. The zero-order valence-electron chi connectivity index (χ0n) is 22.9. The first kappa shape index (κ1) is 28.3. The first-order valence-corrected chi connectivity index (χ1v) is 13.6. The van der Waals surface area contributed by atoms with Crippen molar-refractivity contribution in [2.75, 3.05) is 39.0 Å². The third kappa shape index (κ3) is 7.88. The van der Waals surface area contributed by atoms with E-state index in [2.05, 4.69) is 41.1 Å². The highest BCUT2D eigenvalue weighted by Gasteiger charge is 2.21. The predicted octanol–water partition coefficient (Wildman–Crippen LogP) is 4.27. The molecule has 5 rings (SSSR count). The van der Waals surface area contributed by atoms with Crippen molar-refractivity contribution in [2.24, 2.45) is 5.73 Å². The monoisotopic (exact) mass is 529 g/mol. The molecule has 2 fully saturated rings. The number of benzene rings is 2. The Hall–Kier alpha value is -3.75. The van der Waals surface area contributed by atoms with Gasteiger partial charge in [0, 0.05) is 43.5 Å². The van der Waals surface area contributed by atoms with Gasteiger partial charge in [0.1, 0.15) is 5.82 Å². The molecular weight excluding hydrogens is 490 g/mol. The number of aryl methyl sites for hydroxylation is 1. The number of pyridine rings is 1. The lowest BCUT2D eigenvalue weighted by atomic mass is 10.0. The Balaban J connectivity index is 0.000000212. The molecular formula is C31H39N5O3. The lowest BCUT2D eigenvalue weighted by Gasteiger charge is -2.32. The van der Waals surface area contributed by atoms with Gasteiger partial charge in [-0.1, -0.05) is 54.8 Å². The molecule has 2 heterocycles. The number of piperazine rings is 1. The Bertz CT molecular complexity index is 1280. The summed E-state index contributed by atoms with van der Waals surface area (Å²) in [6, 6.07) is 17.4. The van der Waals surface area contributed by atoms with Crippen molar-refractivity contribution in [3.63, 3.8) is 0 Å². The van der Waals surface area contributed by atoms with E-state index in [1.54, 1.807) is 24.4 Å². The molecule has 2 aromatic carbocycles. The van der Waals surface area contributed by atoms with E-state index in [4.69, 9.17) is 16.2 Å². The van der Waals surface area contributed by atoms with Crippen LogP contribution in [0.4, 0.5) is 5.82 Å². The fourth-order valence-corrected chi connectivity index (χ4v) is 4.93. The topological polar surface area (TPSA) is 115 Å². The molecule has 1 aliphatic heterocycles. The van der Waals surface area contributed by atoms with Crippen LogP contribution in [0.15, 0.2) is 60.8 Å². The van der Waals surface area contributed by atoms with E-state index in [0.717, 1.165) is 38.3 Å². The number of amides is 2. The molecule has 8 heteroatoms. The number of nitrogen functional groups attached to an aromatic ring is 1. The highest BCUT2D eigenvalue weighted by molar-refractivity contribution is 5.99. The van der Waals surface area contributed by atoms with Gasteiger partial charge >= 0.3 is 0 Å². The summed E-state index contributed by atoms with van der Waals surface area (Å²) in [5.74, 6) is -0.522. The number of hydrogen-bond donors (Lipinski definition) is 2. The minimum Gasteiger partial charge on any atom is -0.383 e. The largest absolute Gasteiger partial charge is 0.383 e. The fourth-order valence-electron chi connectivity index (χ4n) is 4.93. The van der Waals surface area contributed by atoms with Gasteiger partial charge in [-0.25, -0.2) is 4.98 Å². The standard InChI is InChI=1S/C18H21N5O2.C13H18O/c1-22-5-7-23(8-6-22)18(25)13-4-2-3-12(9-13)14-10-15(17(20)24)16(19)21-11-14;1-11-5-4-6-12(9-11)10-14-13-7-2-3-8-13/h2-4,9-11H,5-8H2,1H3,(H2,19,21)(H2,20,24);4-6,9,13H,2-3,7-8,10H2,1H3. The van der Waals surface area contributed by atoms with Crippen molar-refractivity contribution in [3.05, 3.63) is 83.0 Å². The number of rotatable bonds is 6. The molecule has 1 saturated carbocycles. The number of likely N-dealkylation sites (N-methyl/N-ethyl adjacent to an activating group) is 1. The van der Waals surface area contributed by atoms with Crippen LogP contribution in [0.25, 0.3) is 11.1 Å². The van der Waals surface area contributed by atoms with Gasteiger partial charge < -0.3 is 26.0 Å². The van der Waals surface area contributed by atoms with E-state index >= 15 is 0 Å². The van der Waals surface area contributed by atoms with E-state index < -0.39 is 5.91 Å². The summed E-state index contributed by atoms with van der Waals surface area (Å²) in [5, 5.41) is 0. The van der Waals surface area contributed by atoms with Crippen LogP contribution in [0.3, 0.4) is 0 Å². The molecule has 1 aliphatic carbocycles. The third-order valence-electron chi connectivity index (χ3n) is 7.29. The molecule has 39 heavy (non-hydrogen) atoms. The molecule has 0 bridgehead atoms. The average Bonchev–Trinajstić information content (AvgIpc) is 3.46. The first-order valence-electron chi connectivity index (χ1n) is 13.6. The van der Waals surface area contributed by atoms with Crippen LogP contribution in [0.5, 0.6) is 0 Å². The average molecular weight is 530 g/mol. The summed E-state index contributed by atoms with van der Waals surface area (Å²) in [4.78, 5) is 32.2. The fraction of sp³-hybridized carbons (Fsp3) is 0.387. The van der Waals surface area contributed by atoms with Crippen LogP contribution in [-0.2, 0) is 11.3 Å². The van der Waals surface area contributed by atoms with E-state index in [1.807, 2.05) is 24.1 Å². The van der Waals surface area contributed by atoms with Gasteiger partial charge in [-0.05, 0) is 56.1 Å². The van der Waals surface area contributed by atoms with Crippen molar-refractivity contribution >= 4 is 17.6 Å². The number of carbonyl (C=O) groups excluding carboxylic acids is 2. The highest BCUT2D eigenvalue weighted by atomic mass is 16.5. The van der Waals surface area contributed by atoms with Crippen LogP contribution in [0.2, 0.25) is 0 Å². The van der Waals surface area contributed by atoms with Crippen molar-refractivity contribution in [3.8, 4) is 11.1 Å². The number of primary amides is 1. The molecule has 206 valence electrons. The van der Waals surface area contributed by atoms with E-state index in [0.29, 0.717) is 17.2 Å². The number of anilines is 1. The zero-order valence-corrected chi connectivity index (χ0v) is 22.9. The molecule has 3 aromatic rings. The molecule has 2 aliphatic rings. The van der Waals surface area contributed by atoms with Gasteiger partial charge in [-0.3, -0.25) is 9.59 Å². The van der Waals surface area contributed by atoms with Gasteiger partial charge in [0.05, 0.1) is 18.3 Å². The number of ether oxygens (including phenoxy) is 1. The lowest BCUT2D eigenvalue weighted by Crippen LogP contribution is -2.47. The molecule has 1 aromatic heterocycles. The first-order chi connectivity index (χ1) is 18.8. The molecule has 4 N–H and O–H groups in total. The predicted molar refractivity (Wildman–Crippen MR) is 154 cm³/mol. The lowest BCUT2D eigenvalue weighted by molar-refractivity contribution is 0.0456. The summed E-state index contributed by atoms with van der Waals surface area (Å²) in [6.45, 7) is 6.08. The SMILES string of the molecule is CN1CCN(C(=O)c2cccc(-c3cnc(N)c(C(N)=O)c3)c2)CC1.Cc1cccc(COC2CCCC2)c1. The minimum absolute atomic E-state index is 0.00785. The Morgan fingerprint density at radius 3 is 2.38 bits per heavy atom. The summed E-state index contributed by atoms with van der Waals surface area (Å²) in [6.07, 6.45) is 7.30. The number of hydrogen-bond acceptors (Lipinski definition) is 6. The summed E-state index contributed by atoms with van der Waals surface area (Å²) in [5.41, 5.74) is 15.9. The van der Waals surface area contributed by atoms with Gasteiger partial charge in [0.15, 0.2) is 0 Å². The smallest absolute Gasteiger partial charge is 0.253 e. The van der Waals surface area contributed by atoms with Crippen LogP contribution < -0.4 is 11.5 Å². The molecule has 0 radical (unpaired) electrons. The van der Waals surface area contributed by atoms with Crippen molar-refractivity contribution < 1.29 is 14.3 Å². The maximum atomic E-state index is 12.7. The molecule has 0 atom stereocenters. The molecule has 1 saturated heterocycles. The highest BCUT2D eigenvalue weighted by Crippen LogP contribution is 2.24. The zero-order chi connectivity index (χ0) is 27.8. The Kier molecular flexibility index (Phi) is 9.68. The number of aromatic nitrogens is 1. The third-order valence-corrected chi connectivity index (χ3v) is 7.29. The maximum Gasteiger partial charge on any atom is 0.253 e. The summed E-state index contributed by atoms with van der Waals surface area (Å²) < 4.78 is 5.84. The minimum atomic E-state index is -0.628. The van der Waals surface area contributed by atoms with Gasteiger partial charge in [-0.15, -0.1) is 0 Å². The second kappa shape index (κ2) is 13.4. The summed E-state index contributed by atoms with van der Waals surface area (Å²) in [7, 11) is 2.05. The quantitative estimate of drug-likeness (QED) is 0.493. The van der Waals surface area contributed by atoms with E-state index in [1.165, 1.54) is 36.8 Å². The van der Waals surface area contributed by atoms with Crippen LogP contribution >= 0.6 is 0 Å². The molecule has 0 spiro atoms. The molecule has 8 nitrogen and oxygen atoms in total. The Morgan fingerprint density at radius 2 is 1.69 bits per heavy atom. The number of nitrogens with two attached hydrogens (primary N) is 2. The van der Waals surface area contributed by atoms with Crippen molar-refractivity contribution in [2.45, 2.75) is 45.3 Å². The second-order valence-corrected chi connectivity index (χ2v) is 10.4. The molecule has 0 unspecified atom stereocenters. The number of nitrogens with zero attached hydrogens (tertiary/aromatic N) is 3. The van der Waals surface area contributed by atoms with Crippen LogP contribution in [0.1, 0.15) is 57.5 Å². The van der Waals surface area contributed by atoms with Gasteiger partial charge in [0.2, 0.25) is 0 Å². The van der Waals surface area contributed by atoms with E-state index in [9.17, 15) is 9.59 Å². The normalized spacial score (nSPS) is 16.0. The van der Waals surface area contributed by atoms with Gasteiger partial charge in [-0.2, -0.15) is 0 Å². The van der Waals surface area contributed by atoms with Crippen LogP contribution in [0, 0.1) is 6.92 Å². The van der Waals surface area contributed by atoms with E-state index in [-0.39, 0.29) is 17.3 Å². The molecule has 2 amide bonds. The second-order valence-electron chi connectivity index (χ2n) is 10.4. The van der Waals surface area contributed by atoms with Crippen molar-refractivity contribution in [1.82, 2.24) is 14.8 Å². The Labute approximate surface area is 231 Å². The maximum absolute atomic E-state index is 12.7. The van der Waals surface area contributed by atoms with Gasteiger partial charge in [0.25, 0.3) is 11.8 Å². The number of carbonyl (C=O) groups is 2. The van der Waals surface area contributed by atoms with Crippen molar-refractivity contribution in [1.29, 1.82) is 0 Å². The van der Waals surface area contributed by atoms with Crippen LogP contribution in [-0.4, -0.2) is 65.9 Å². The Morgan fingerprint density at radius 1 is 0.974 bits per heavy atom.